The highest BCUT2D eigenvalue weighted by atomic mass is 32.2. The van der Waals surface area contributed by atoms with Crippen LogP contribution in [-0.4, -0.2) is 51.4 Å². The third-order valence-electron chi connectivity index (χ3n) is 7.71. The van der Waals surface area contributed by atoms with Gasteiger partial charge in [-0.15, -0.1) is 0 Å². The maximum atomic E-state index is 15.5. The lowest BCUT2D eigenvalue weighted by molar-refractivity contribution is 0.0909. The number of carbonyl (C=O) groups excluding carboxylic acids is 1. The number of pyridine rings is 2. The van der Waals surface area contributed by atoms with E-state index in [1.54, 1.807) is 18.5 Å². The Bertz CT molecular complexity index is 1480. The fraction of sp³-hybridized carbons (Fsp3) is 0.333. The largest absolute Gasteiger partial charge is 0.350 e. The molecule has 7 nitrogen and oxygen atoms in total. The minimum absolute atomic E-state index is 0.177. The van der Waals surface area contributed by atoms with Crippen LogP contribution in [0, 0.1) is 12.7 Å². The van der Waals surface area contributed by atoms with Gasteiger partial charge in [0, 0.05) is 30.4 Å². The van der Waals surface area contributed by atoms with Gasteiger partial charge in [-0.2, -0.15) is 0 Å². The van der Waals surface area contributed by atoms with Crippen molar-refractivity contribution in [1.82, 2.24) is 25.2 Å². The number of thiazole rings is 1. The van der Waals surface area contributed by atoms with E-state index in [1.807, 2.05) is 37.3 Å². The number of hydrogen-bond acceptors (Lipinski definition) is 8. The molecule has 3 aromatic heterocycles. The maximum Gasteiger partial charge on any atom is 0.273 e. The Morgan fingerprint density at radius 1 is 1.10 bits per heavy atom. The van der Waals surface area contributed by atoms with E-state index in [0.29, 0.717) is 22.4 Å². The molecular formula is C30H31FN6OS2. The van der Waals surface area contributed by atoms with Crippen LogP contribution in [0.3, 0.4) is 0 Å². The third kappa shape index (κ3) is 6.04. The summed E-state index contributed by atoms with van der Waals surface area (Å²) < 4.78 is 16.3. The topological polar surface area (TPSA) is 83.0 Å². The van der Waals surface area contributed by atoms with E-state index < -0.39 is 11.7 Å². The number of likely N-dealkylation sites (tertiary alicyclic amines) is 1. The fourth-order valence-electron chi connectivity index (χ4n) is 5.30. The normalized spacial score (nSPS) is 16.9. The molecule has 0 unspecified atom stereocenters. The van der Waals surface area contributed by atoms with Gasteiger partial charge in [-0.3, -0.25) is 4.79 Å². The number of rotatable bonds is 9. The molecule has 0 spiro atoms. The van der Waals surface area contributed by atoms with Gasteiger partial charge in [0.15, 0.2) is 16.6 Å². The number of halogens is 1. The summed E-state index contributed by atoms with van der Waals surface area (Å²) in [4.78, 5) is 28.9. The van der Waals surface area contributed by atoms with E-state index in [1.165, 1.54) is 47.7 Å². The van der Waals surface area contributed by atoms with E-state index >= 15 is 4.39 Å². The number of aromatic nitrogens is 3. The second-order valence-corrected chi connectivity index (χ2v) is 12.9. The molecule has 2 aliphatic rings. The molecule has 1 aromatic carbocycles. The van der Waals surface area contributed by atoms with Crippen molar-refractivity contribution < 1.29 is 9.18 Å². The highest BCUT2D eigenvalue weighted by Crippen LogP contribution is 2.39. The third-order valence-corrected chi connectivity index (χ3v) is 9.76. The standard InChI is InChI=1S/C30H31FN6OS2/c1-20-9-13-32-24(17-20)36-29-34-18-25(40-29)39-23-10-14-33-27(26(23)31)28(38)35-19-30(21-5-3-2-4-6-21)11-15-37(16-12-30)22-7-8-22/h2-6,9-10,13-14,17-18,22H,7-8,11-12,15-16,19H2,1H3,(H,35,38)(H,32,34,36). The molecule has 6 rings (SSSR count). The fourth-order valence-corrected chi connectivity index (χ4v) is 7.17. The molecule has 0 bridgehead atoms. The zero-order valence-electron chi connectivity index (χ0n) is 22.3. The van der Waals surface area contributed by atoms with Crippen molar-refractivity contribution >= 4 is 40.0 Å². The minimum atomic E-state index is -0.620. The van der Waals surface area contributed by atoms with Crippen LogP contribution in [0.5, 0.6) is 0 Å². The van der Waals surface area contributed by atoms with Crippen molar-refractivity contribution in [3.8, 4) is 0 Å². The highest BCUT2D eigenvalue weighted by molar-refractivity contribution is 8.01. The van der Waals surface area contributed by atoms with Crippen molar-refractivity contribution in [3.05, 3.63) is 89.8 Å². The Kier molecular flexibility index (Phi) is 7.82. The molecule has 0 atom stereocenters. The number of benzene rings is 1. The zero-order chi connectivity index (χ0) is 27.5. The second kappa shape index (κ2) is 11.6. The van der Waals surface area contributed by atoms with Crippen molar-refractivity contribution in [1.29, 1.82) is 0 Å². The molecule has 40 heavy (non-hydrogen) atoms. The van der Waals surface area contributed by atoms with E-state index in [9.17, 15) is 4.79 Å². The predicted octanol–water partition coefficient (Wildman–Crippen LogP) is 6.20. The molecular weight excluding hydrogens is 544 g/mol. The van der Waals surface area contributed by atoms with Crippen molar-refractivity contribution in [3.63, 3.8) is 0 Å². The first-order chi connectivity index (χ1) is 19.5. The Morgan fingerprint density at radius 3 is 2.62 bits per heavy atom. The van der Waals surface area contributed by atoms with Crippen LogP contribution in [0.25, 0.3) is 0 Å². The van der Waals surface area contributed by atoms with Crippen molar-refractivity contribution in [2.45, 2.75) is 53.2 Å². The van der Waals surface area contributed by atoms with Crippen LogP contribution in [0.15, 0.2) is 76.2 Å². The number of hydrogen-bond donors (Lipinski definition) is 2. The molecule has 0 radical (unpaired) electrons. The Morgan fingerprint density at radius 2 is 1.88 bits per heavy atom. The second-order valence-electron chi connectivity index (χ2n) is 10.5. The molecule has 4 aromatic rings. The SMILES string of the molecule is Cc1ccnc(Nc2ncc(Sc3ccnc(C(=O)NCC4(c5ccccc5)CCN(C5CC5)CC4)c3F)s2)c1. The van der Waals surface area contributed by atoms with E-state index in [0.717, 1.165) is 41.7 Å². The summed E-state index contributed by atoms with van der Waals surface area (Å²) in [6.07, 6.45) is 9.40. The number of nitrogens with one attached hydrogen (secondary N) is 2. The van der Waals surface area contributed by atoms with Gasteiger partial charge in [0.05, 0.1) is 15.3 Å². The first-order valence-corrected chi connectivity index (χ1v) is 15.2. The van der Waals surface area contributed by atoms with E-state index in [-0.39, 0.29) is 11.1 Å². The first kappa shape index (κ1) is 26.9. The van der Waals surface area contributed by atoms with Gasteiger partial charge >= 0.3 is 0 Å². The number of aryl methyl sites for hydroxylation is 1. The van der Waals surface area contributed by atoms with Gasteiger partial charge in [-0.05, 0) is 75.0 Å². The average Bonchev–Trinajstić information content (AvgIpc) is 3.73. The minimum Gasteiger partial charge on any atom is -0.350 e. The monoisotopic (exact) mass is 574 g/mol. The van der Waals surface area contributed by atoms with Gasteiger partial charge < -0.3 is 15.5 Å². The lowest BCUT2D eigenvalue weighted by Crippen LogP contribution is -2.49. The van der Waals surface area contributed by atoms with Crippen LogP contribution >= 0.6 is 23.1 Å². The summed E-state index contributed by atoms with van der Waals surface area (Å²) in [5.74, 6) is -0.408. The number of carbonyl (C=O) groups is 1. The van der Waals surface area contributed by atoms with Crippen LogP contribution in [0.2, 0.25) is 0 Å². The Labute approximate surface area is 241 Å². The van der Waals surface area contributed by atoms with Crippen molar-refractivity contribution in [2.24, 2.45) is 0 Å². The Hall–Kier alpha value is -3.34. The average molecular weight is 575 g/mol. The number of piperidine rings is 1. The van der Waals surface area contributed by atoms with Crippen LogP contribution in [-0.2, 0) is 5.41 Å². The number of amides is 1. The maximum absolute atomic E-state index is 15.5. The summed E-state index contributed by atoms with van der Waals surface area (Å²) >= 11 is 2.62. The summed E-state index contributed by atoms with van der Waals surface area (Å²) in [5.41, 5.74) is 1.95. The van der Waals surface area contributed by atoms with Gasteiger partial charge in [0.1, 0.15) is 5.82 Å². The van der Waals surface area contributed by atoms with Gasteiger partial charge in [-0.25, -0.2) is 19.3 Å². The molecule has 1 saturated carbocycles. The molecule has 1 amide bonds. The van der Waals surface area contributed by atoms with E-state index in [2.05, 4.69) is 42.6 Å². The number of anilines is 2. The summed E-state index contributed by atoms with van der Waals surface area (Å²) in [7, 11) is 0. The summed E-state index contributed by atoms with van der Waals surface area (Å²) in [6.45, 7) is 4.47. The molecule has 1 saturated heterocycles. The molecule has 1 aliphatic carbocycles. The smallest absolute Gasteiger partial charge is 0.273 e. The molecule has 1 aliphatic heterocycles. The molecule has 2 fully saturated rings. The summed E-state index contributed by atoms with van der Waals surface area (Å²) in [6, 6.07) is 16.6. The van der Waals surface area contributed by atoms with Gasteiger partial charge in [0.25, 0.3) is 5.91 Å². The lowest BCUT2D eigenvalue weighted by atomic mass is 9.72. The quantitative estimate of drug-likeness (QED) is 0.246. The van der Waals surface area contributed by atoms with Crippen molar-refractivity contribution in [2.75, 3.05) is 25.0 Å². The van der Waals surface area contributed by atoms with Crippen LogP contribution < -0.4 is 10.6 Å². The van der Waals surface area contributed by atoms with Crippen LogP contribution in [0.4, 0.5) is 15.3 Å². The Balaban J connectivity index is 1.13. The highest BCUT2D eigenvalue weighted by Gasteiger charge is 2.40. The zero-order valence-corrected chi connectivity index (χ0v) is 23.9. The molecule has 206 valence electrons. The number of nitrogens with zero attached hydrogens (tertiary/aromatic N) is 4. The summed E-state index contributed by atoms with van der Waals surface area (Å²) in [5, 5.41) is 6.88. The predicted molar refractivity (Wildman–Crippen MR) is 157 cm³/mol. The van der Waals surface area contributed by atoms with E-state index in [4.69, 9.17) is 0 Å². The van der Waals surface area contributed by atoms with Crippen LogP contribution in [0.1, 0.15) is 47.3 Å². The van der Waals surface area contributed by atoms with Gasteiger partial charge in [-0.1, -0.05) is 53.4 Å². The van der Waals surface area contributed by atoms with Gasteiger partial charge in [0.2, 0.25) is 0 Å². The molecule has 4 heterocycles. The molecule has 10 heteroatoms. The first-order valence-electron chi connectivity index (χ1n) is 13.5. The molecule has 2 N–H and O–H groups in total. The lowest BCUT2D eigenvalue weighted by Gasteiger charge is -2.42.